The monoisotopic (exact) mass is 516 g/mol. The van der Waals surface area contributed by atoms with Crippen molar-refractivity contribution in [3.8, 4) is 22.8 Å². The minimum absolute atomic E-state index is 0.105. The highest BCUT2D eigenvalue weighted by Crippen LogP contribution is 2.38. The zero-order chi connectivity index (χ0) is 26.6. The Bertz CT molecular complexity index is 1250. The van der Waals surface area contributed by atoms with E-state index in [1.807, 2.05) is 24.4 Å². The number of aromatic nitrogens is 2. The minimum atomic E-state index is -0.762. The molecule has 2 N–H and O–H groups in total. The summed E-state index contributed by atoms with van der Waals surface area (Å²) in [5, 5.41) is 6.03. The number of carbonyl (C=O) groups excluding carboxylic acids is 2. The molecule has 10 heteroatoms. The van der Waals surface area contributed by atoms with Gasteiger partial charge in [-0.2, -0.15) is 0 Å². The topological polar surface area (TPSA) is 103 Å². The molecule has 2 heterocycles. The fraction of sp³-hybridized carbons (Fsp3) is 0.423. The van der Waals surface area contributed by atoms with Gasteiger partial charge in [0.1, 0.15) is 28.8 Å². The molecule has 3 rings (SSSR count). The summed E-state index contributed by atoms with van der Waals surface area (Å²) in [5.41, 5.74) is 1.83. The van der Waals surface area contributed by atoms with Crippen molar-refractivity contribution in [2.24, 2.45) is 5.92 Å². The molecule has 2 aromatic heterocycles. The second-order valence-electron chi connectivity index (χ2n) is 9.49. The molecule has 9 nitrogen and oxygen atoms in total. The molecule has 0 bridgehead atoms. The van der Waals surface area contributed by atoms with Gasteiger partial charge in [-0.05, 0) is 38.8 Å². The van der Waals surface area contributed by atoms with Crippen LogP contribution in [0.3, 0.4) is 0 Å². The van der Waals surface area contributed by atoms with Gasteiger partial charge >= 0.3 is 6.09 Å². The van der Waals surface area contributed by atoms with Gasteiger partial charge in [-0.1, -0.05) is 31.9 Å². The van der Waals surface area contributed by atoms with Crippen LogP contribution in [0.15, 0.2) is 36.7 Å². The lowest BCUT2D eigenvalue weighted by Crippen LogP contribution is -2.49. The molecule has 0 fully saturated rings. The number of ether oxygens (including phenoxy) is 3. The Balaban J connectivity index is 1.85. The van der Waals surface area contributed by atoms with Crippen molar-refractivity contribution >= 4 is 34.9 Å². The SMILES string of the molecule is CC[C@@H](C)[C@H](NC(=O)OC(C)(C)C)C(=O)Nc1ccn2cc(-c3cc(Cl)c(OC)cc3OC)nc2c1. The fourth-order valence-electron chi connectivity index (χ4n) is 3.61. The maximum Gasteiger partial charge on any atom is 0.408 e. The summed E-state index contributed by atoms with van der Waals surface area (Å²) in [5.74, 6) is 0.626. The van der Waals surface area contributed by atoms with E-state index in [4.69, 9.17) is 25.8 Å². The molecule has 3 aromatic rings. The summed E-state index contributed by atoms with van der Waals surface area (Å²) in [4.78, 5) is 30.1. The summed E-state index contributed by atoms with van der Waals surface area (Å²) < 4.78 is 17.9. The van der Waals surface area contributed by atoms with Crippen LogP contribution in [0, 0.1) is 5.92 Å². The number of methoxy groups -OCH3 is 2. The number of hydrogen-bond donors (Lipinski definition) is 2. The largest absolute Gasteiger partial charge is 0.496 e. The molecule has 0 radical (unpaired) electrons. The summed E-state index contributed by atoms with van der Waals surface area (Å²) in [6, 6.07) is 6.20. The number of imidazole rings is 1. The van der Waals surface area contributed by atoms with Crippen molar-refractivity contribution in [3.05, 3.63) is 41.7 Å². The number of nitrogens with one attached hydrogen (secondary N) is 2. The predicted octanol–water partition coefficient (Wildman–Crippen LogP) is 5.55. The van der Waals surface area contributed by atoms with Crippen molar-refractivity contribution in [2.75, 3.05) is 19.5 Å². The van der Waals surface area contributed by atoms with Gasteiger partial charge in [0.2, 0.25) is 5.91 Å². The highest BCUT2D eigenvalue weighted by atomic mass is 35.5. The van der Waals surface area contributed by atoms with E-state index in [2.05, 4.69) is 15.6 Å². The number of benzene rings is 1. The van der Waals surface area contributed by atoms with Gasteiger partial charge in [0.05, 0.1) is 24.9 Å². The Morgan fingerprint density at radius 3 is 2.44 bits per heavy atom. The van der Waals surface area contributed by atoms with E-state index < -0.39 is 17.7 Å². The van der Waals surface area contributed by atoms with Gasteiger partial charge in [-0.3, -0.25) is 4.79 Å². The van der Waals surface area contributed by atoms with Crippen LogP contribution >= 0.6 is 11.6 Å². The molecule has 0 aliphatic rings. The van der Waals surface area contributed by atoms with E-state index in [1.54, 1.807) is 58.3 Å². The highest BCUT2D eigenvalue weighted by Gasteiger charge is 2.28. The Labute approximate surface area is 216 Å². The number of halogens is 1. The Morgan fingerprint density at radius 1 is 1.14 bits per heavy atom. The number of hydrogen-bond acceptors (Lipinski definition) is 6. The number of amides is 2. The van der Waals surface area contributed by atoms with Crippen LogP contribution in [0.2, 0.25) is 5.02 Å². The van der Waals surface area contributed by atoms with Crippen molar-refractivity contribution < 1.29 is 23.8 Å². The first kappa shape index (κ1) is 27.1. The Kier molecular flexibility index (Phi) is 8.35. The summed E-state index contributed by atoms with van der Waals surface area (Å²) in [6.07, 6.45) is 3.69. The molecule has 0 saturated heterocycles. The van der Waals surface area contributed by atoms with E-state index >= 15 is 0 Å². The molecule has 2 amide bonds. The first-order chi connectivity index (χ1) is 16.9. The third-order valence-corrected chi connectivity index (χ3v) is 5.94. The number of pyridine rings is 1. The zero-order valence-corrected chi connectivity index (χ0v) is 22.4. The van der Waals surface area contributed by atoms with Gasteiger partial charge in [0.15, 0.2) is 0 Å². The number of nitrogens with zero attached hydrogens (tertiary/aromatic N) is 2. The zero-order valence-electron chi connectivity index (χ0n) is 21.6. The lowest BCUT2D eigenvalue weighted by Gasteiger charge is -2.26. The smallest absolute Gasteiger partial charge is 0.408 e. The molecule has 0 unspecified atom stereocenters. The van der Waals surface area contributed by atoms with E-state index in [-0.39, 0.29) is 11.8 Å². The molecule has 1 aromatic carbocycles. The van der Waals surface area contributed by atoms with Gasteiger partial charge < -0.3 is 29.2 Å². The van der Waals surface area contributed by atoms with E-state index in [0.717, 1.165) is 0 Å². The van der Waals surface area contributed by atoms with Crippen molar-refractivity contribution in [1.29, 1.82) is 0 Å². The highest BCUT2D eigenvalue weighted by molar-refractivity contribution is 6.32. The van der Waals surface area contributed by atoms with Crippen LogP contribution < -0.4 is 20.1 Å². The minimum Gasteiger partial charge on any atom is -0.496 e. The fourth-order valence-corrected chi connectivity index (χ4v) is 3.85. The van der Waals surface area contributed by atoms with Gasteiger partial charge in [-0.15, -0.1) is 0 Å². The van der Waals surface area contributed by atoms with Gasteiger partial charge in [-0.25, -0.2) is 9.78 Å². The van der Waals surface area contributed by atoms with Crippen molar-refractivity contribution in [3.63, 3.8) is 0 Å². The summed E-state index contributed by atoms with van der Waals surface area (Å²) >= 11 is 6.33. The first-order valence-electron chi connectivity index (χ1n) is 11.7. The molecule has 2 atom stereocenters. The van der Waals surface area contributed by atoms with Gasteiger partial charge in [0.25, 0.3) is 0 Å². The van der Waals surface area contributed by atoms with Crippen LogP contribution in [0.25, 0.3) is 16.9 Å². The molecule has 0 saturated carbocycles. The third kappa shape index (κ3) is 6.40. The average molecular weight is 517 g/mol. The van der Waals surface area contributed by atoms with Crippen LogP contribution in [0.4, 0.5) is 10.5 Å². The molecule has 194 valence electrons. The normalized spacial score (nSPS) is 13.1. The molecular weight excluding hydrogens is 484 g/mol. The lowest BCUT2D eigenvalue weighted by molar-refractivity contribution is -0.119. The second-order valence-corrected chi connectivity index (χ2v) is 9.90. The van der Waals surface area contributed by atoms with E-state index in [0.29, 0.717) is 45.5 Å². The van der Waals surface area contributed by atoms with E-state index in [9.17, 15) is 9.59 Å². The van der Waals surface area contributed by atoms with Crippen molar-refractivity contribution in [2.45, 2.75) is 52.7 Å². The van der Waals surface area contributed by atoms with Crippen molar-refractivity contribution in [1.82, 2.24) is 14.7 Å². The Morgan fingerprint density at radius 2 is 1.83 bits per heavy atom. The van der Waals surface area contributed by atoms with Gasteiger partial charge in [0, 0.05) is 35.8 Å². The summed E-state index contributed by atoms with van der Waals surface area (Å²) in [6.45, 7) is 9.18. The number of rotatable bonds is 8. The second kappa shape index (κ2) is 11.1. The predicted molar refractivity (Wildman–Crippen MR) is 140 cm³/mol. The van der Waals surface area contributed by atoms with Crippen LogP contribution in [0.1, 0.15) is 41.0 Å². The standard InChI is InChI=1S/C26H33ClN4O5/c1-8-15(2)23(30-25(33)36-26(3,4)5)24(32)28-16-9-10-31-14-19(29-22(31)11-16)17-12-18(27)21(35-7)13-20(17)34-6/h9-15,23H,8H2,1-7H3,(H,28,32)(H,30,33)/t15-,23+/m1/s1. The molecule has 0 aliphatic carbocycles. The molecule has 0 aliphatic heterocycles. The third-order valence-electron chi connectivity index (χ3n) is 5.65. The lowest BCUT2D eigenvalue weighted by atomic mass is 9.98. The summed E-state index contributed by atoms with van der Waals surface area (Å²) in [7, 11) is 3.10. The quantitative estimate of drug-likeness (QED) is 0.407. The number of alkyl carbamates (subject to hydrolysis) is 1. The number of anilines is 1. The first-order valence-corrected chi connectivity index (χ1v) is 12.0. The maximum absolute atomic E-state index is 13.1. The number of fused-ring (bicyclic) bond motifs is 1. The maximum atomic E-state index is 13.1. The number of carbonyl (C=O) groups is 2. The molecule has 36 heavy (non-hydrogen) atoms. The van der Waals surface area contributed by atoms with Crippen LogP contribution in [-0.4, -0.2) is 47.2 Å². The molecule has 0 spiro atoms. The average Bonchev–Trinajstić information content (AvgIpc) is 3.24. The van der Waals surface area contributed by atoms with Crippen LogP contribution in [0.5, 0.6) is 11.5 Å². The Hall–Kier alpha value is -3.46. The van der Waals surface area contributed by atoms with E-state index in [1.165, 1.54) is 7.11 Å². The van der Waals surface area contributed by atoms with Crippen LogP contribution in [-0.2, 0) is 9.53 Å². The molecular formula is C26H33ClN4O5.